The minimum absolute atomic E-state index is 0.406. The lowest BCUT2D eigenvalue weighted by Gasteiger charge is -2.24. The number of aromatic nitrogens is 3. The van der Waals surface area contributed by atoms with Crippen molar-refractivity contribution in [1.82, 2.24) is 20.5 Å². The van der Waals surface area contributed by atoms with Crippen molar-refractivity contribution in [2.45, 2.75) is 55.8 Å². The molecule has 1 aromatic carbocycles. The number of thioether (sulfide) groups is 1. The van der Waals surface area contributed by atoms with E-state index in [1.807, 2.05) is 18.2 Å². The van der Waals surface area contributed by atoms with Crippen LogP contribution < -0.4 is 14.8 Å². The highest BCUT2D eigenvalue weighted by Crippen LogP contribution is 2.24. The first-order chi connectivity index (χ1) is 13.7. The van der Waals surface area contributed by atoms with Crippen LogP contribution in [0.25, 0.3) is 0 Å². The highest BCUT2D eigenvalue weighted by atomic mass is 32.2. The van der Waals surface area contributed by atoms with E-state index in [0.29, 0.717) is 29.9 Å². The molecule has 28 heavy (non-hydrogen) atoms. The van der Waals surface area contributed by atoms with Gasteiger partial charge in [-0.05, 0) is 30.5 Å². The van der Waals surface area contributed by atoms with Gasteiger partial charge in [-0.25, -0.2) is 4.98 Å². The van der Waals surface area contributed by atoms with Crippen molar-refractivity contribution >= 4 is 11.8 Å². The predicted octanol–water partition coefficient (Wildman–Crippen LogP) is 2.79. The van der Waals surface area contributed by atoms with E-state index in [1.165, 1.54) is 43.9 Å². The van der Waals surface area contributed by atoms with Gasteiger partial charge < -0.3 is 19.9 Å². The molecule has 1 aliphatic carbocycles. The van der Waals surface area contributed by atoms with Crippen molar-refractivity contribution < 1.29 is 14.6 Å². The molecule has 0 saturated heterocycles. The van der Waals surface area contributed by atoms with Crippen LogP contribution in [0.15, 0.2) is 23.4 Å². The van der Waals surface area contributed by atoms with Crippen molar-refractivity contribution in [1.29, 1.82) is 0 Å². The molecular formula is C20H30N4O3S. The predicted molar refractivity (Wildman–Crippen MR) is 110 cm³/mol. The summed E-state index contributed by atoms with van der Waals surface area (Å²) in [5.41, 5.74) is 1.03. The smallest absolute Gasteiger partial charge is 0.208 e. The van der Waals surface area contributed by atoms with E-state index in [1.54, 1.807) is 14.2 Å². The first kappa shape index (κ1) is 21.0. The van der Waals surface area contributed by atoms with E-state index < -0.39 is 6.10 Å². The Labute approximate surface area is 170 Å². The minimum Gasteiger partial charge on any atom is -0.497 e. The normalized spacial score (nSPS) is 16.1. The molecule has 0 spiro atoms. The summed E-state index contributed by atoms with van der Waals surface area (Å²) in [5, 5.41) is 21.6. The van der Waals surface area contributed by atoms with Crippen LogP contribution in [0.5, 0.6) is 11.5 Å². The molecule has 1 aromatic heterocycles. The number of ether oxygens (including phenoxy) is 2. The molecule has 1 saturated carbocycles. The van der Waals surface area contributed by atoms with Gasteiger partial charge in [0.1, 0.15) is 17.3 Å². The van der Waals surface area contributed by atoms with Crippen LogP contribution >= 0.6 is 11.8 Å². The van der Waals surface area contributed by atoms with E-state index in [9.17, 15) is 5.11 Å². The number of nitrogens with zero attached hydrogens (tertiary/aromatic N) is 2. The Balaban J connectivity index is 1.46. The second kappa shape index (κ2) is 10.7. The summed E-state index contributed by atoms with van der Waals surface area (Å²) in [6.45, 7) is 0.624. The molecule has 1 atom stereocenters. The maximum absolute atomic E-state index is 10.2. The molecule has 1 aliphatic rings. The third-order valence-electron chi connectivity index (χ3n) is 4.95. The summed E-state index contributed by atoms with van der Waals surface area (Å²) in [4.78, 5) is 4.52. The zero-order chi connectivity index (χ0) is 19.8. The van der Waals surface area contributed by atoms with Gasteiger partial charge in [0.2, 0.25) is 5.16 Å². The van der Waals surface area contributed by atoms with E-state index in [2.05, 4.69) is 20.5 Å². The quantitative estimate of drug-likeness (QED) is 0.523. The first-order valence-corrected chi connectivity index (χ1v) is 10.8. The number of methoxy groups -OCH3 is 2. The van der Waals surface area contributed by atoms with Crippen molar-refractivity contribution in [2.24, 2.45) is 0 Å². The van der Waals surface area contributed by atoms with Crippen molar-refractivity contribution in [3.63, 3.8) is 0 Å². The van der Waals surface area contributed by atoms with E-state index in [0.717, 1.165) is 22.9 Å². The van der Waals surface area contributed by atoms with Crippen LogP contribution in [0.3, 0.4) is 0 Å². The van der Waals surface area contributed by atoms with E-state index in [-0.39, 0.29) is 0 Å². The molecule has 1 unspecified atom stereocenters. The van der Waals surface area contributed by atoms with Crippen LogP contribution in [0, 0.1) is 0 Å². The highest BCUT2D eigenvalue weighted by Gasteiger charge is 2.15. The summed E-state index contributed by atoms with van der Waals surface area (Å²) in [5.74, 6) is 2.84. The fraction of sp³-hybridized carbons (Fsp3) is 0.600. The standard InChI is InChI=1S/C20H30N4O3S/c1-26-17-8-14(9-18(11-17)27-2)10-19-22-20(24-23-19)28-13-16(25)12-21-15-6-4-3-5-7-15/h8-9,11,15-16,21,25H,3-7,10,12-13H2,1-2H3,(H,22,23,24). The summed E-state index contributed by atoms with van der Waals surface area (Å²) in [7, 11) is 3.27. The largest absolute Gasteiger partial charge is 0.497 e. The highest BCUT2D eigenvalue weighted by molar-refractivity contribution is 7.99. The molecule has 154 valence electrons. The number of hydrogen-bond acceptors (Lipinski definition) is 7. The molecule has 0 bridgehead atoms. The van der Waals surface area contributed by atoms with Gasteiger partial charge in [-0.2, -0.15) is 0 Å². The lowest BCUT2D eigenvalue weighted by molar-refractivity contribution is 0.185. The first-order valence-electron chi connectivity index (χ1n) is 9.83. The molecule has 0 aliphatic heterocycles. The van der Waals surface area contributed by atoms with Crippen LogP contribution in [0.4, 0.5) is 0 Å². The Morgan fingerprint density at radius 3 is 2.57 bits per heavy atom. The fourth-order valence-corrected chi connectivity index (χ4v) is 4.17. The second-order valence-corrected chi connectivity index (χ2v) is 8.16. The van der Waals surface area contributed by atoms with Gasteiger partial charge in [-0.15, -0.1) is 5.10 Å². The number of rotatable bonds is 10. The van der Waals surface area contributed by atoms with Crippen molar-refractivity contribution in [2.75, 3.05) is 26.5 Å². The maximum Gasteiger partial charge on any atom is 0.208 e. The van der Waals surface area contributed by atoms with E-state index >= 15 is 0 Å². The summed E-state index contributed by atoms with van der Waals surface area (Å²) >= 11 is 1.47. The number of benzene rings is 1. The molecule has 8 heteroatoms. The number of H-pyrrole nitrogens is 1. The minimum atomic E-state index is -0.406. The Bertz CT molecular complexity index is 712. The number of aliphatic hydroxyl groups excluding tert-OH is 1. The maximum atomic E-state index is 10.2. The van der Waals surface area contributed by atoms with Gasteiger partial charge >= 0.3 is 0 Å². The third-order valence-corrected chi connectivity index (χ3v) is 5.94. The van der Waals surface area contributed by atoms with Crippen LogP contribution in [0.2, 0.25) is 0 Å². The van der Waals surface area contributed by atoms with Crippen molar-refractivity contribution in [3.05, 3.63) is 29.6 Å². The molecule has 1 fully saturated rings. The molecule has 0 amide bonds. The fourth-order valence-electron chi connectivity index (χ4n) is 3.42. The van der Waals surface area contributed by atoms with Gasteiger partial charge in [-0.1, -0.05) is 31.0 Å². The summed E-state index contributed by atoms with van der Waals surface area (Å²) < 4.78 is 10.6. The van der Waals surface area contributed by atoms with Crippen molar-refractivity contribution in [3.8, 4) is 11.5 Å². The SMILES string of the molecule is COc1cc(Cc2nc(SCC(O)CNC3CCCCC3)n[nH]2)cc(OC)c1. The number of nitrogens with one attached hydrogen (secondary N) is 2. The summed E-state index contributed by atoms with van der Waals surface area (Å²) in [6.07, 6.45) is 6.57. The van der Waals surface area contributed by atoms with Gasteiger partial charge in [0, 0.05) is 30.8 Å². The molecule has 3 rings (SSSR count). The molecule has 1 heterocycles. The zero-order valence-electron chi connectivity index (χ0n) is 16.6. The topological polar surface area (TPSA) is 92.3 Å². The zero-order valence-corrected chi connectivity index (χ0v) is 17.4. The lowest BCUT2D eigenvalue weighted by Crippen LogP contribution is -2.37. The summed E-state index contributed by atoms with van der Waals surface area (Å²) in [6, 6.07) is 6.31. The number of aliphatic hydroxyl groups is 1. The Morgan fingerprint density at radius 1 is 1.18 bits per heavy atom. The lowest BCUT2D eigenvalue weighted by atomic mass is 9.95. The van der Waals surface area contributed by atoms with Crippen LogP contribution in [-0.4, -0.2) is 59.0 Å². The van der Waals surface area contributed by atoms with Gasteiger partial charge in [0.15, 0.2) is 0 Å². The van der Waals surface area contributed by atoms with Gasteiger partial charge in [0.05, 0.1) is 20.3 Å². The average molecular weight is 407 g/mol. The van der Waals surface area contributed by atoms with Crippen LogP contribution in [0.1, 0.15) is 43.5 Å². The molecular weight excluding hydrogens is 376 g/mol. The van der Waals surface area contributed by atoms with Crippen LogP contribution in [-0.2, 0) is 6.42 Å². The Kier molecular flexibility index (Phi) is 8.00. The number of aromatic amines is 1. The molecule has 7 nitrogen and oxygen atoms in total. The molecule has 0 radical (unpaired) electrons. The number of hydrogen-bond donors (Lipinski definition) is 3. The molecule has 2 aromatic rings. The van der Waals surface area contributed by atoms with E-state index in [4.69, 9.17) is 9.47 Å². The van der Waals surface area contributed by atoms with Gasteiger partial charge in [-0.3, -0.25) is 5.10 Å². The third kappa shape index (κ3) is 6.39. The van der Waals surface area contributed by atoms with Gasteiger partial charge in [0.25, 0.3) is 0 Å². The second-order valence-electron chi connectivity index (χ2n) is 7.17. The Morgan fingerprint density at radius 2 is 1.89 bits per heavy atom. The average Bonchev–Trinajstić information content (AvgIpc) is 3.18. The Hall–Kier alpha value is -1.77. The monoisotopic (exact) mass is 406 g/mol. The molecule has 3 N–H and O–H groups in total.